The number of carbonyl (C=O) groups excluding carboxylic acids is 2. The van der Waals surface area contributed by atoms with E-state index in [1.165, 1.54) is 37.4 Å². The van der Waals surface area contributed by atoms with Crippen LogP contribution in [0.1, 0.15) is 21.5 Å². The third-order valence-electron chi connectivity index (χ3n) is 3.29. The molecule has 0 bridgehead atoms. The van der Waals surface area contributed by atoms with Crippen LogP contribution in [-0.2, 0) is 17.4 Å². The van der Waals surface area contributed by atoms with Gasteiger partial charge in [0.05, 0.1) is 24.7 Å². The molecular weight excluding hydrogens is 323 g/mol. The van der Waals surface area contributed by atoms with Crippen molar-refractivity contribution >= 4 is 17.9 Å². The first-order valence-electron chi connectivity index (χ1n) is 6.92. The number of anilines is 1. The van der Waals surface area contributed by atoms with Crippen LogP contribution in [0.2, 0.25) is 0 Å². The van der Waals surface area contributed by atoms with Crippen LogP contribution in [0.25, 0.3) is 0 Å². The zero-order chi connectivity index (χ0) is 17.7. The van der Waals surface area contributed by atoms with Crippen LogP contribution in [0, 0.1) is 0 Å². The summed E-state index contributed by atoms with van der Waals surface area (Å²) in [7, 11) is 1.40. The molecule has 0 unspecified atom stereocenters. The number of benzene rings is 2. The summed E-state index contributed by atoms with van der Waals surface area (Å²) in [5.74, 6) is -0.0759. The fourth-order valence-electron chi connectivity index (χ4n) is 2.09. The molecule has 0 aromatic heterocycles. The lowest BCUT2D eigenvalue weighted by Crippen LogP contribution is -2.14. The van der Waals surface area contributed by atoms with Gasteiger partial charge in [-0.2, -0.15) is 13.2 Å². The molecule has 0 atom stereocenters. The number of halogens is 3. The largest absolute Gasteiger partial charge is 0.496 e. The highest BCUT2D eigenvalue weighted by Gasteiger charge is 2.29. The summed E-state index contributed by atoms with van der Waals surface area (Å²) in [5, 5.41) is 2.60. The average molecular weight is 337 g/mol. The van der Waals surface area contributed by atoms with Gasteiger partial charge in [-0.05, 0) is 29.8 Å². The molecule has 2 aromatic rings. The molecule has 0 saturated carbocycles. The van der Waals surface area contributed by atoms with E-state index in [9.17, 15) is 22.8 Å². The maximum atomic E-state index is 12.5. The number of ether oxygens (including phenoxy) is 1. The fourth-order valence-corrected chi connectivity index (χ4v) is 2.09. The number of carbonyl (C=O) groups is 2. The zero-order valence-corrected chi connectivity index (χ0v) is 12.7. The SMILES string of the molecule is COc1cc(NC(=O)Cc2ccc(C(F)(F)F)cc2)ccc1C=O. The molecule has 0 aliphatic carbocycles. The number of hydrogen-bond acceptors (Lipinski definition) is 3. The lowest BCUT2D eigenvalue weighted by atomic mass is 10.1. The minimum atomic E-state index is -4.41. The van der Waals surface area contributed by atoms with E-state index in [0.717, 1.165) is 12.1 Å². The highest BCUT2D eigenvalue weighted by atomic mass is 19.4. The molecule has 0 aliphatic heterocycles. The van der Waals surface area contributed by atoms with Crippen LogP contribution < -0.4 is 10.1 Å². The lowest BCUT2D eigenvalue weighted by molar-refractivity contribution is -0.137. The van der Waals surface area contributed by atoms with Crippen molar-refractivity contribution in [2.75, 3.05) is 12.4 Å². The quantitative estimate of drug-likeness (QED) is 0.846. The number of aldehydes is 1. The lowest BCUT2D eigenvalue weighted by Gasteiger charge is -2.10. The molecule has 7 heteroatoms. The first kappa shape index (κ1) is 17.5. The molecule has 2 aromatic carbocycles. The molecule has 24 heavy (non-hydrogen) atoms. The summed E-state index contributed by atoms with van der Waals surface area (Å²) in [6.45, 7) is 0. The topological polar surface area (TPSA) is 55.4 Å². The van der Waals surface area contributed by atoms with Gasteiger partial charge < -0.3 is 10.1 Å². The van der Waals surface area contributed by atoms with Crippen LogP contribution in [0.3, 0.4) is 0 Å². The van der Waals surface area contributed by atoms with E-state index in [4.69, 9.17) is 4.74 Å². The molecule has 1 amide bonds. The predicted octanol–water partition coefficient (Wildman–Crippen LogP) is 3.71. The van der Waals surface area contributed by atoms with Crippen molar-refractivity contribution < 1.29 is 27.5 Å². The average Bonchev–Trinajstić information content (AvgIpc) is 2.54. The number of alkyl halides is 3. The van der Waals surface area contributed by atoms with Gasteiger partial charge in [-0.15, -0.1) is 0 Å². The van der Waals surface area contributed by atoms with E-state index in [2.05, 4.69) is 5.32 Å². The van der Waals surface area contributed by atoms with Gasteiger partial charge in [-0.25, -0.2) is 0 Å². The Balaban J connectivity index is 2.04. The summed E-state index contributed by atoms with van der Waals surface area (Å²) >= 11 is 0. The summed E-state index contributed by atoms with van der Waals surface area (Å²) in [6.07, 6.45) is -3.85. The Hall–Kier alpha value is -2.83. The molecule has 0 radical (unpaired) electrons. The summed E-state index contributed by atoms with van der Waals surface area (Å²) in [5.41, 5.74) is 0.463. The number of rotatable bonds is 5. The van der Waals surface area contributed by atoms with Crippen molar-refractivity contribution in [3.8, 4) is 5.75 Å². The van der Waals surface area contributed by atoms with Crippen molar-refractivity contribution in [2.45, 2.75) is 12.6 Å². The van der Waals surface area contributed by atoms with Crippen LogP contribution in [-0.4, -0.2) is 19.3 Å². The molecule has 0 heterocycles. The second-order valence-corrected chi connectivity index (χ2v) is 4.99. The second kappa shape index (κ2) is 7.16. The molecule has 0 saturated heterocycles. The Kier molecular flexibility index (Phi) is 5.23. The molecule has 4 nitrogen and oxygen atoms in total. The number of hydrogen-bond donors (Lipinski definition) is 1. The van der Waals surface area contributed by atoms with Gasteiger partial charge in [0.15, 0.2) is 6.29 Å². The van der Waals surface area contributed by atoms with Gasteiger partial charge >= 0.3 is 6.18 Å². The van der Waals surface area contributed by atoms with Gasteiger partial charge in [0.2, 0.25) is 5.91 Å². The Bertz CT molecular complexity index is 740. The van der Waals surface area contributed by atoms with E-state index < -0.39 is 17.6 Å². The summed E-state index contributed by atoms with van der Waals surface area (Å²) in [4.78, 5) is 22.8. The van der Waals surface area contributed by atoms with Gasteiger partial charge in [0.1, 0.15) is 5.75 Å². The zero-order valence-electron chi connectivity index (χ0n) is 12.7. The molecule has 2 rings (SSSR count). The Morgan fingerprint density at radius 3 is 2.38 bits per heavy atom. The molecule has 0 spiro atoms. The second-order valence-electron chi connectivity index (χ2n) is 4.99. The van der Waals surface area contributed by atoms with E-state index in [0.29, 0.717) is 28.8 Å². The Morgan fingerprint density at radius 1 is 1.17 bits per heavy atom. The maximum absolute atomic E-state index is 12.5. The van der Waals surface area contributed by atoms with Gasteiger partial charge in [-0.3, -0.25) is 9.59 Å². The highest BCUT2D eigenvalue weighted by molar-refractivity contribution is 5.93. The number of amides is 1. The summed E-state index contributed by atoms with van der Waals surface area (Å²) in [6, 6.07) is 8.93. The van der Waals surface area contributed by atoms with Crippen molar-refractivity contribution in [3.63, 3.8) is 0 Å². The minimum Gasteiger partial charge on any atom is -0.496 e. The minimum absolute atomic E-state index is 0.0735. The van der Waals surface area contributed by atoms with Gasteiger partial charge in [-0.1, -0.05) is 12.1 Å². The summed E-state index contributed by atoms with van der Waals surface area (Å²) < 4.78 is 42.5. The first-order chi connectivity index (χ1) is 11.3. The van der Waals surface area contributed by atoms with Crippen LogP contribution in [0.5, 0.6) is 5.75 Å². The fraction of sp³-hybridized carbons (Fsp3) is 0.176. The molecule has 126 valence electrons. The Labute approximate surface area is 136 Å². The smallest absolute Gasteiger partial charge is 0.416 e. The highest BCUT2D eigenvalue weighted by Crippen LogP contribution is 2.29. The normalized spacial score (nSPS) is 11.0. The third-order valence-corrected chi connectivity index (χ3v) is 3.29. The standard InChI is InChI=1S/C17H14F3NO3/c1-24-15-9-14(7-4-12(15)10-22)21-16(23)8-11-2-5-13(6-3-11)17(18,19)20/h2-7,9-10H,8H2,1H3,(H,21,23). The molecule has 0 fully saturated rings. The van der Waals surface area contributed by atoms with Crippen molar-refractivity contribution in [3.05, 3.63) is 59.2 Å². The van der Waals surface area contributed by atoms with Crippen molar-refractivity contribution in [1.29, 1.82) is 0 Å². The number of methoxy groups -OCH3 is 1. The van der Waals surface area contributed by atoms with Gasteiger partial charge in [0.25, 0.3) is 0 Å². The van der Waals surface area contributed by atoms with Crippen LogP contribution in [0.4, 0.5) is 18.9 Å². The van der Waals surface area contributed by atoms with E-state index in [1.54, 1.807) is 0 Å². The molecular formula is C17H14F3NO3. The van der Waals surface area contributed by atoms with E-state index >= 15 is 0 Å². The van der Waals surface area contributed by atoms with Crippen molar-refractivity contribution in [1.82, 2.24) is 0 Å². The van der Waals surface area contributed by atoms with E-state index in [1.807, 2.05) is 0 Å². The maximum Gasteiger partial charge on any atom is 0.416 e. The monoisotopic (exact) mass is 337 g/mol. The van der Waals surface area contributed by atoms with Gasteiger partial charge in [0, 0.05) is 11.8 Å². The van der Waals surface area contributed by atoms with E-state index in [-0.39, 0.29) is 6.42 Å². The van der Waals surface area contributed by atoms with Crippen LogP contribution >= 0.6 is 0 Å². The predicted molar refractivity (Wildman–Crippen MR) is 82.2 cm³/mol. The Morgan fingerprint density at radius 2 is 1.83 bits per heavy atom. The molecule has 0 aliphatic rings. The third kappa shape index (κ3) is 4.34. The number of nitrogens with one attached hydrogen (secondary N) is 1. The molecule has 1 N–H and O–H groups in total. The first-order valence-corrected chi connectivity index (χ1v) is 6.92. The van der Waals surface area contributed by atoms with Crippen molar-refractivity contribution in [2.24, 2.45) is 0 Å². The van der Waals surface area contributed by atoms with Crippen LogP contribution in [0.15, 0.2) is 42.5 Å².